The van der Waals surface area contributed by atoms with Gasteiger partial charge in [-0.1, -0.05) is 79.3 Å². The Morgan fingerprint density at radius 1 is 0.553 bits per heavy atom. The van der Waals surface area contributed by atoms with Gasteiger partial charge < -0.3 is 48.0 Å². The summed E-state index contributed by atoms with van der Waals surface area (Å²) in [5.74, 6) is -2.25. The van der Waals surface area contributed by atoms with Crippen LogP contribution in [0.3, 0.4) is 0 Å². The molecule has 1 unspecified atom stereocenters. The molecule has 4 aliphatic rings. The van der Waals surface area contributed by atoms with E-state index in [-0.39, 0.29) is 63.0 Å². The topological polar surface area (TPSA) is 233 Å². The van der Waals surface area contributed by atoms with E-state index in [1.54, 1.807) is 99.7 Å². The first-order valence-corrected chi connectivity index (χ1v) is 36.0. The molecule has 30 heteroatoms. The number of nitrogens with zero attached hydrogens (tertiary/aromatic N) is 17. The predicted octanol–water partition coefficient (Wildman–Crippen LogP) is 11.5. The van der Waals surface area contributed by atoms with Crippen LogP contribution in [0.2, 0.25) is 20.1 Å². The lowest BCUT2D eigenvalue weighted by Gasteiger charge is -2.37. The average Bonchev–Trinajstić information content (AvgIpc) is 1.67. The summed E-state index contributed by atoms with van der Waals surface area (Å²) in [4.78, 5) is 39.0. The molecule has 4 aliphatic heterocycles. The van der Waals surface area contributed by atoms with Crippen molar-refractivity contribution in [1.29, 1.82) is 5.26 Å². The van der Waals surface area contributed by atoms with E-state index in [4.69, 9.17) is 79.9 Å². The largest absolute Gasteiger partial charge is 0.491 e. The third-order valence-electron chi connectivity index (χ3n) is 19.5. The highest BCUT2D eigenvalue weighted by Crippen LogP contribution is 2.43. The van der Waals surface area contributed by atoms with Gasteiger partial charge in [-0.25, -0.2) is 32.5 Å². The second-order valence-corrected chi connectivity index (χ2v) is 27.5. The van der Waals surface area contributed by atoms with E-state index in [1.165, 1.54) is 20.3 Å². The van der Waals surface area contributed by atoms with Crippen LogP contribution in [0.5, 0.6) is 11.5 Å². The molecular weight excluding hydrogens is 1400 g/mol. The van der Waals surface area contributed by atoms with Crippen LogP contribution >= 0.6 is 46.4 Å². The van der Waals surface area contributed by atoms with E-state index in [0.717, 1.165) is 35.6 Å². The SMILES string of the molecule is CCC(CC)n1ncn(-c2ccc(N3CCN(c4ccc(OC[C@@H]5CO[C@@](Cn6ncc(CCC(CC)n7ncn(-c8ccc(N9CCN(c%10ccc(OC[C@@H]%11CO[C@@](Cn%12nccn%12)(c%12ccc(Cl)cc%12Cl)O%11)cc%10C#N)CC9)cc8)c7=O)n6)(c6ccc(Cl)cc6Cl)O5)cc4F)CC3)cc2)c1=O. The molecule has 0 saturated carbocycles. The van der Waals surface area contributed by atoms with Crippen LogP contribution in [-0.4, -0.2) is 150 Å². The van der Waals surface area contributed by atoms with Crippen molar-refractivity contribution in [3.63, 3.8) is 0 Å². The number of anilines is 4. The highest BCUT2D eigenvalue weighted by molar-refractivity contribution is 6.35. The molecule has 10 aromatic rings. The van der Waals surface area contributed by atoms with Crippen LogP contribution in [0.15, 0.2) is 162 Å². The van der Waals surface area contributed by atoms with Crippen molar-refractivity contribution >= 4 is 69.2 Å². The van der Waals surface area contributed by atoms with E-state index >= 15 is 4.39 Å². The van der Waals surface area contributed by atoms with Crippen molar-refractivity contribution in [2.45, 2.75) is 102 Å². The maximum absolute atomic E-state index is 16.0. The van der Waals surface area contributed by atoms with Gasteiger partial charge in [-0.05, 0) is 135 Å². The van der Waals surface area contributed by atoms with Crippen LogP contribution in [0.4, 0.5) is 27.1 Å². The zero-order chi connectivity index (χ0) is 71.4. The van der Waals surface area contributed by atoms with Crippen LogP contribution in [0.25, 0.3) is 11.4 Å². The highest BCUT2D eigenvalue weighted by atomic mass is 35.5. The minimum Gasteiger partial charge on any atom is -0.491 e. The van der Waals surface area contributed by atoms with E-state index in [2.05, 4.69) is 60.1 Å². The first-order chi connectivity index (χ1) is 50.1. The van der Waals surface area contributed by atoms with Gasteiger partial charge in [0.25, 0.3) is 0 Å². The fourth-order valence-corrected chi connectivity index (χ4v) is 15.0. The van der Waals surface area contributed by atoms with Crippen molar-refractivity contribution in [2.75, 3.05) is 98.4 Å². The molecule has 25 nitrogen and oxygen atoms in total. The third-order valence-corrected chi connectivity index (χ3v) is 20.6. The Morgan fingerprint density at radius 2 is 1.02 bits per heavy atom. The highest BCUT2D eigenvalue weighted by Gasteiger charge is 2.48. The van der Waals surface area contributed by atoms with Crippen LogP contribution in [0, 0.1) is 17.1 Å². The second kappa shape index (κ2) is 31.0. The molecule has 0 bridgehead atoms. The smallest absolute Gasteiger partial charge is 0.350 e. The summed E-state index contributed by atoms with van der Waals surface area (Å²) >= 11 is 26.1. The van der Waals surface area contributed by atoms with Crippen LogP contribution < -0.4 is 40.5 Å². The van der Waals surface area contributed by atoms with E-state index in [0.29, 0.717) is 137 Å². The second-order valence-electron chi connectivity index (χ2n) is 25.8. The summed E-state index contributed by atoms with van der Waals surface area (Å²) in [7, 11) is 0. The Kier molecular flexibility index (Phi) is 21.3. The van der Waals surface area contributed by atoms with Gasteiger partial charge in [-0.3, -0.25) is 0 Å². The molecule has 0 radical (unpaired) electrons. The third kappa shape index (κ3) is 15.2. The Morgan fingerprint density at radius 3 is 1.51 bits per heavy atom. The molecule has 6 aromatic carbocycles. The lowest BCUT2D eigenvalue weighted by Crippen LogP contribution is -2.46. The fourth-order valence-electron chi connectivity index (χ4n) is 13.9. The van der Waals surface area contributed by atoms with Crippen LogP contribution in [-0.2, 0) is 50.0 Å². The monoisotopic (exact) mass is 1480 g/mol. The first kappa shape index (κ1) is 70.7. The lowest BCUT2D eigenvalue weighted by atomic mass is 10.1. The summed E-state index contributed by atoms with van der Waals surface area (Å²) < 4.78 is 60.5. The molecule has 4 aromatic heterocycles. The molecule has 5 atom stereocenters. The van der Waals surface area contributed by atoms with Gasteiger partial charge in [0.15, 0.2) is 0 Å². The number of hydrogen-bond donors (Lipinski definition) is 0. The van der Waals surface area contributed by atoms with Gasteiger partial charge in [0.2, 0.25) is 11.6 Å². The number of piperazine rings is 2. The van der Waals surface area contributed by atoms with Crippen molar-refractivity contribution in [1.82, 2.24) is 58.7 Å². The van der Waals surface area contributed by atoms with E-state index in [1.807, 2.05) is 72.5 Å². The zero-order valence-corrected chi connectivity index (χ0v) is 60.0. The number of nitriles is 1. The van der Waals surface area contributed by atoms with Crippen molar-refractivity contribution in [3.8, 4) is 28.9 Å². The molecule has 103 heavy (non-hydrogen) atoms. The van der Waals surface area contributed by atoms with E-state index < -0.39 is 29.6 Å². The number of hydrogen-bond acceptors (Lipinski definition) is 19. The molecule has 0 aliphatic carbocycles. The number of aryl methyl sites for hydroxylation is 1. The van der Waals surface area contributed by atoms with Crippen molar-refractivity contribution in [2.24, 2.45) is 0 Å². The maximum Gasteiger partial charge on any atom is 0.350 e. The molecule has 0 spiro atoms. The molecule has 0 N–H and O–H groups in total. The quantitative estimate of drug-likeness (QED) is 0.0490. The average molecular weight is 1480 g/mol. The van der Waals surface area contributed by atoms with Crippen LogP contribution in [0.1, 0.15) is 80.9 Å². The molecule has 4 fully saturated rings. The summed E-state index contributed by atoms with van der Waals surface area (Å²) in [6.07, 6.45) is 10.3. The fraction of sp³-hybridized carbons (Fsp3) is 0.384. The zero-order valence-electron chi connectivity index (χ0n) is 56.9. The summed E-state index contributed by atoms with van der Waals surface area (Å²) in [5.41, 5.74) is 6.66. The first-order valence-electron chi connectivity index (χ1n) is 34.5. The number of benzene rings is 6. The van der Waals surface area contributed by atoms with Gasteiger partial charge in [-0.2, -0.15) is 45.4 Å². The lowest BCUT2D eigenvalue weighted by molar-refractivity contribution is -0.192. The minimum absolute atomic E-state index is 0.0268. The molecule has 0 amide bonds. The molecular formula is C73H76Cl4FN17O8. The number of ether oxygens (including phenoxy) is 6. The molecule has 4 saturated heterocycles. The molecule has 8 heterocycles. The molecule has 536 valence electrons. The number of halogens is 5. The van der Waals surface area contributed by atoms with E-state index in [9.17, 15) is 14.9 Å². The number of rotatable bonds is 26. The maximum atomic E-state index is 16.0. The normalized spacial score (nSPS) is 19.6. The molecule has 14 rings (SSSR count). The Hall–Kier alpha value is -9.30. The minimum atomic E-state index is -1.44. The summed E-state index contributed by atoms with van der Waals surface area (Å²) in [6.45, 7) is 12.2. The summed E-state index contributed by atoms with van der Waals surface area (Å²) in [5, 5.41) is 38.9. The van der Waals surface area contributed by atoms with Crippen molar-refractivity contribution in [3.05, 3.63) is 222 Å². The predicted molar refractivity (Wildman–Crippen MR) is 388 cm³/mol. The Labute approximate surface area is 613 Å². The Balaban J connectivity index is 0.547. The van der Waals surface area contributed by atoms with Crippen molar-refractivity contribution < 1.29 is 32.8 Å². The van der Waals surface area contributed by atoms with Gasteiger partial charge in [-0.15, -0.1) is 0 Å². The van der Waals surface area contributed by atoms with Gasteiger partial charge >= 0.3 is 11.4 Å². The Bertz CT molecular complexity index is 4760. The summed E-state index contributed by atoms with van der Waals surface area (Å²) in [6, 6.07) is 38.6. The van der Waals surface area contributed by atoms with Gasteiger partial charge in [0.05, 0.1) is 87.9 Å². The van der Waals surface area contributed by atoms with Gasteiger partial charge in [0.1, 0.15) is 74.6 Å². The standard InChI is InChI=1S/C73H76Cl4FN17O8/c1-4-53(5-2)94-70(96)90(47-83-94)57-15-11-56(12-16-57)87-29-33-89(34-30-87)69-24-20-60(38-67(69)78)99-42-62-44-101-73(103-62,64-22-8-51(75)37-66(64)77)46-93-82-40-52(85-93)9-10-54(6-3)95-71(97)91(48-84-95)58-17-13-55(14-18-58)86-27-31-88(32-28-86)68-23-19-59(35-49(68)39-79)98-41-61-43-100-72(102-61,45-92-80-25-26-81-92)63-21-7-50(74)36-65(63)76/h7-8,11-26,35-38,40,47-48,53-54,61-62H,4-6,9-10,27-34,41-46H2,1-3H3/t54?,61-,62-,72-,73-/m1/s1. The number of aromatic nitrogens is 12. The van der Waals surface area contributed by atoms with Gasteiger partial charge in [0, 0.05) is 91.0 Å².